The second-order valence-corrected chi connectivity index (χ2v) is 7.18. The fraction of sp³-hybridized carbons (Fsp3) is 0.421. The molecule has 2 fully saturated rings. The van der Waals surface area contributed by atoms with Crippen LogP contribution in [0.25, 0.3) is 11.2 Å². The molecule has 7 nitrogen and oxygen atoms in total. The maximum Gasteiger partial charge on any atom is 0.225 e. The Bertz CT molecular complexity index is 911. The number of nitrogens with zero attached hydrogens (tertiary/aromatic N) is 5. The first kappa shape index (κ1) is 15.7. The van der Waals surface area contributed by atoms with Crippen molar-refractivity contribution in [3.8, 4) is 0 Å². The van der Waals surface area contributed by atoms with Crippen LogP contribution >= 0.6 is 0 Å². The molecule has 0 radical (unpaired) electrons. The molecular weight excluding hydrogens is 328 g/mol. The van der Waals surface area contributed by atoms with E-state index in [1.54, 1.807) is 6.33 Å². The molecule has 2 saturated heterocycles. The molecule has 0 amide bonds. The van der Waals surface area contributed by atoms with Crippen LogP contribution in [0.2, 0.25) is 0 Å². The van der Waals surface area contributed by atoms with E-state index in [-0.39, 0.29) is 6.10 Å². The van der Waals surface area contributed by atoms with Crippen LogP contribution in [0.4, 0.5) is 5.95 Å². The highest BCUT2D eigenvalue weighted by Gasteiger charge is 2.38. The van der Waals surface area contributed by atoms with E-state index < -0.39 is 0 Å². The third kappa shape index (κ3) is 2.83. The highest BCUT2D eigenvalue weighted by atomic mass is 16.5. The Morgan fingerprint density at radius 2 is 2.04 bits per heavy atom. The van der Waals surface area contributed by atoms with Gasteiger partial charge < -0.3 is 14.6 Å². The quantitative estimate of drug-likeness (QED) is 0.779. The van der Waals surface area contributed by atoms with E-state index in [0.29, 0.717) is 18.0 Å². The number of ether oxygens (including phenoxy) is 1. The fourth-order valence-corrected chi connectivity index (χ4v) is 4.01. The Hall–Kier alpha value is -2.51. The van der Waals surface area contributed by atoms with Crippen molar-refractivity contribution < 1.29 is 4.74 Å². The number of benzene rings is 1. The van der Waals surface area contributed by atoms with Gasteiger partial charge in [0.1, 0.15) is 5.52 Å². The van der Waals surface area contributed by atoms with E-state index in [0.717, 1.165) is 37.3 Å². The zero-order chi connectivity index (χ0) is 17.5. The number of aryl methyl sites for hydroxylation is 1. The summed E-state index contributed by atoms with van der Waals surface area (Å²) in [7, 11) is 1.95. The summed E-state index contributed by atoms with van der Waals surface area (Å²) in [4.78, 5) is 15.8. The summed E-state index contributed by atoms with van der Waals surface area (Å²) in [5.74, 6) is 0.654. The lowest BCUT2D eigenvalue weighted by Crippen LogP contribution is -2.42. The van der Waals surface area contributed by atoms with Gasteiger partial charge in [-0.1, -0.05) is 30.3 Å². The van der Waals surface area contributed by atoms with E-state index in [1.807, 2.05) is 23.9 Å². The highest BCUT2D eigenvalue weighted by Crippen LogP contribution is 2.31. The number of nitrogens with one attached hydrogen (secondary N) is 1. The lowest BCUT2D eigenvalue weighted by molar-refractivity contribution is -0.0501. The average Bonchev–Trinajstić information content (AvgIpc) is 3.24. The molecule has 3 atom stereocenters. The van der Waals surface area contributed by atoms with Gasteiger partial charge in [0.15, 0.2) is 5.65 Å². The predicted molar refractivity (Wildman–Crippen MR) is 98.8 cm³/mol. The second kappa shape index (κ2) is 6.34. The van der Waals surface area contributed by atoms with Crippen molar-refractivity contribution in [2.24, 2.45) is 7.05 Å². The van der Waals surface area contributed by atoms with Crippen molar-refractivity contribution in [3.63, 3.8) is 0 Å². The summed E-state index contributed by atoms with van der Waals surface area (Å²) in [6.07, 6.45) is 4.80. The molecule has 0 bridgehead atoms. The third-order valence-electron chi connectivity index (χ3n) is 5.41. The Morgan fingerprint density at radius 1 is 1.15 bits per heavy atom. The van der Waals surface area contributed by atoms with Gasteiger partial charge in [-0.3, -0.25) is 4.90 Å². The first-order valence-electron chi connectivity index (χ1n) is 9.07. The highest BCUT2D eigenvalue weighted by molar-refractivity contribution is 5.70. The van der Waals surface area contributed by atoms with Crippen molar-refractivity contribution in [2.45, 2.75) is 24.6 Å². The van der Waals surface area contributed by atoms with Gasteiger partial charge in [0, 0.05) is 32.2 Å². The van der Waals surface area contributed by atoms with Crippen molar-refractivity contribution in [1.82, 2.24) is 24.4 Å². The zero-order valence-electron chi connectivity index (χ0n) is 14.7. The van der Waals surface area contributed by atoms with Gasteiger partial charge in [0.2, 0.25) is 5.95 Å². The summed E-state index contributed by atoms with van der Waals surface area (Å²) in [5, 5.41) is 3.48. The number of aromatic nitrogens is 4. The van der Waals surface area contributed by atoms with Gasteiger partial charge in [0.25, 0.3) is 0 Å². The molecule has 134 valence electrons. The average molecular weight is 350 g/mol. The molecule has 2 aromatic heterocycles. The summed E-state index contributed by atoms with van der Waals surface area (Å²) >= 11 is 0. The third-order valence-corrected chi connectivity index (χ3v) is 5.41. The lowest BCUT2D eigenvalue weighted by Gasteiger charge is -2.35. The molecular formula is C19H22N6O. The van der Waals surface area contributed by atoms with Gasteiger partial charge in [-0.05, 0) is 12.0 Å². The first-order valence-corrected chi connectivity index (χ1v) is 9.07. The van der Waals surface area contributed by atoms with E-state index in [2.05, 4.69) is 49.4 Å². The summed E-state index contributed by atoms with van der Waals surface area (Å²) < 4.78 is 8.05. The zero-order valence-corrected chi connectivity index (χ0v) is 14.7. The molecule has 0 spiro atoms. The summed E-state index contributed by atoms with van der Waals surface area (Å²) in [6.45, 7) is 2.70. The number of anilines is 1. The van der Waals surface area contributed by atoms with Gasteiger partial charge in [-0.25, -0.2) is 9.97 Å². The summed E-state index contributed by atoms with van der Waals surface area (Å²) in [6, 6.07) is 11.3. The number of rotatable bonds is 3. The van der Waals surface area contributed by atoms with Crippen molar-refractivity contribution >= 4 is 17.1 Å². The Balaban J connectivity index is 1.26. The van der Waals surface area contributed by atoms with Crippen molar-refractivity contribution in [1.29, 1.82) is 0 Å². The van der Waals surface area contributed by atoms with E-state index >= 15 is 0 Å². The normalized spacial score (nSPS) is 26.1. The summed E-state index contributed by atoms with van der Waals surface area (Å²) in [5.41, 5.74) is 2.93. The molecule has 0 unspecified atom stereocenters. The Labute approximate surface area is 152 Å². The SMILES string of the molecule is Cn1cnc2nc(N[C@@H]3C[C@H]4CO[C@@H](c5ccccc5)CN4C3)ncc21. The van der Waals surface area contributed by atoms with E-state index in [1.165, 1.54) is 5.56 Å². The molecule has 2 aliphatic heterocycles. The minimum atomic E-state index is 0.160. The lowest BCUT2D eigenvalue weighted by atomic mass is 10.1. The number of hydrogen-bond donors (Lipinski definition) is 1. The van der Waals surface area contributed by atoms with E-state index in [9.17, 15) is 0 Å². The molecule has 2 aliphatic rings. The van der Waals surface area contributed by atoms with Crippen LogP contribution in [0, 0.1) is 0 Å². The Kier molecular flexibility index (Phi) is 3.83. The van der Waals surface area contributed by atoms with Crippen LogP contribution in [0.1, 0.15) is 18.1 Å². The van der Waals surface area contributed by atoms with Crippen LogP contribution < -0.4 is 5.32 Å². The number of imidazole rings is 1. The van der Waals surface area contributed by atoms with Crippen LogP contribution in [-0.4, -0.2) is 56.2 Å². The largest absolute Gasteiger partial charge is 0.371 e. The topological polar surface area (TPSA) is 68.1 Å². The van der Waals surface area contributed by atoms with Gasteiger partial charge >= 0.3 is 0 Å². The van der Waals surface area contributed by atoms with Crippen LogP contribution in [-0.2, 0) is 11.8 Å². The molecule has 1 aromatic carbocycles. The van der Waals surface area contributed by atoms with Crippen LogP contribution in [0.15, 0.2) is 42.9 Å². The van der Waals surface area contributed by atoms with Crippen LogP contribution in [0.3, 0.4) is 0 Å². The van der Waals surface area contributed by atoms with Gasteiger partial charge in [-0.2, -0.15) is 4.98 Å². The number of hydrogen-bond acceptors (Lipinski definition) is 6. The molecule has 26 heavy (non-hydrogen) atoms. The maximum absolute atomic E-state index is 6.12. The van der Waals surface area contributed by atoms with Crippen LogP contribution in [0.5, 0.6) is 0 Å². The fourth-order valence-electron chi connectivity index (χ4n) is 4.01. The predicted octanol–water partition coefficient (Wildman–Crippen LogP) is 1.99. The van der Waals surface area contributed by atoms with Crippen molar-refractivity contribution in [2.75, 3.05) is 25.0 Å². The standard InChI is InChI=1S/C19H22N6O/c1-24-12-21-18-16(24)8-20-19(23-18)22-14-7-15-11-26-17(10-25(15)9-14)13-5-3-2-4-6-13/h2-6,8,12,14-15,17H,7,9-11H2,1H3,(H,20,22,23)/t14-,15+,17-/m1/s1. The Morgan fingerprint density at radius 3 is 2.92 bits per heavy atom. The molecule has 4 heterocycles. The molecule has 0 saturated carbocycles. The first-order chi connectivity index (χ1) is 12.8. The molecule has 1 N–H and O–H groups in total. The van der Waals surface area contributed by atoms with E-state index in [4.69, 9.17) is 4.74 Å². The molecule has 5 rings (SSSR count). The second-order valence-electron chi connectivity index (χ2n) is 7.18. The van der Waals surface area contributed by atoms with Gasteiger partial charge in [0.05, 0.1) is 25.2 Å². The molecule has 3 aromatic rings. The van der Waals surface area contributed by atoms with Crippen molar-refractivity contribution in [3.05, 3.63) is 48.4 Å². The smallest absolute Gasteiger partial charge is 0.225 e. The molecule has 7 heteroatoms. The minimum Gasteiger partial charge on any atom is -0.371 e. The van der Waals surface area contributed by atoms with Gasteiger partial charge in [-0.15, -0.1) is 0 Å². The number of fused-ring (bicyclic) bond motifs is 2. The number of morpholine rings is 1. The molecule has 0 aliphatic carbocycles. The minimum absolute atomic E-state index is 0.160. The monoisotopic (exact) mass is 350 g/mol. The maximum atomic E-state index is 6.12.